The number of hydrogen-bond acceptors (Lipinski definition) is 5. The summed E-state index contributed by atoms with van der Waals surface area (Å²) in [6, 6.07) is 0.469. The Labute approximate surface area is 107 Å². The number of aromatic nitrogens is 3. The Morgan fingerprint density at radius 3 is 3.17 bits per heavy atom. The molecule has 0 aromatic carbocycles. The molecule has 1 aliphatic rings. The SMILES string of the molecule is CC1(C)CC(NCc2cn(CCO)nn2)CCO1. The largest absolute Gasteiger partial charge is 0.394 e. The van der Waals surface area contributed by atoms with E-state index in [0.717, 1.165) is 25.1 Å². The Morgan fingerprint density at radius 2 is 2.44 bits per heavy atom. The van der Waals surface area contributed by atoms with Crippen LogP contribution in [0.4, 0.5) is 0 Å². The normalized spacial score (nSPS) is 23.2. The summed E-state index contributed by atoms with van der Waals surface area (Å²) in [4.78, 5) is 0. The third kappa shape index (κ3) is 3.76. The first-order chi connectivity index (χ1) is 8.59. The number of aliphatic hydroxyl groups excluding tert-OH is 1. The van der Waals surface area contributed by atoms with Crippen LogP contribution in [0.15, 0.2) is 6.20 Å². The fourth-order valence-corrected chi connectivity index (χ4v) is 2.29. The predicted octanol–water partition coefficient (Wildman–Crippen LogP) is 0.318. The van der Waals surface area contributed by atoms with Gasteiger partial charge in [0, 0.05) is 25.4 Å². The lowest BCUT2D eigenvalue weighted by Gasteiger charge is -2.35. The van der Waals surface area contributed by atoms with Crippen LogP contribution in [0.1, 0.15) is 32.4 Å². The minimum atomic E-state index is -0.0373. The molecule has 0 bridgehead atoms. The first kappa shape index (κ1) is 13.5. The van der Waals surface area contributed by atoms with Gasteiger partial charge in [-0.3, -0.25) is 0 Å². The molecule has 0 aliphatic carbocycles. The summed E-state index contributed by atoms with van der Waals surface area (Å²) in [5.74, 6) is 0. The topological polar surface area (TPSA) is 72.2 Å². The molecule has 1 aromatic heterocycles. The highest BCUT2D eigenvalue weighted by Crippen LogP contribution is 2.23. The highest BCUT2D eigenvalue weighted by atomic mass is 16.5. The molecule has 18 heavy (non-hydrogen) atoms. The van der Waals surface area contributed by atoms with Gasteiger partial charge in [-0.05, 0) is 26.7 Å². The maximum absolute atomic E-state index is 8.80. The molecule has 6 nitrogen and oxygen atoms in total. The maximum atomic E-state index is 8.80. The Hall–Kier alpha value is -0.980. The molecule has 0 amide bonds. The average molecular weight is 254 g/mol. The van der Waals surface area contributed by atoms with Crippen molar-refractivity contribution < 1.29 is 9.84 Å². The molecule has 0 spiro atoms. The summed E-state index contributed by atoms with van der Waals surface area (Å²) in [6.07, 6.45) is 3.92. The quantitative estimate of drug-likeness (QED) is 0.791. The maximum Gasteiger partial charge on any atom is 0.0964 e. The highest BCUT2D eigenvalue weighted by Gasteiger charge is 2.28. The van der Waals surface area contributed by atoms with Crippen molar-refractivity contribution in [2.24, 2.45) is 0 Å². The van der Waals surface area contributed by atoms with Crippen LogP contribution in [-0.2, 0) is 17.8 Å². The van der Waals surface area contributed by atoms with Crippen molar-refractivity contribution in [3.63, 3.8) is 0 Å². The third-order valence-corrected chi connectivity index (χ3v) is 3.18. The molecule has 1 unspecified atom stereocenters. The first-order valence-electron chi connectivity index (χ1n) is 6.46. The Morgan fingerprint density at radius 1 is 1.61 bits per heavy atom. The summed E-state index contributed by atoms with van der Waals surface area (Å²) < 4.78 is 7.34. The highest BCUT2D eigenvalue weighted by molar-refractivity contribution is 4.93. The first-order valence-corrected chi connectivity index (χ1v) is 6.46. The van der Waals surface area contributed by atoms with E-state index in [1.54, 1.807) is 4.68 Å². The van der Waals surface area contributed by atoms with Crippen molar-refractivity contribution in [3.05, 3.63) is 11.9 Å². The molecule has 1 aliphatic heterocycles. The molecule has 6 heteroatoms. The molecule has 1 fully saturated rings. The van der Waals surface area contributed by atoms with Gasteiger partial charge < -0.3 is 15.2 Å². The van der Waals surface area contributed by atoms with E-state index >= 15 is 0 Å². The number of nitrogens with zero attached hydrogens (tertiary/aromatic N) is 3. The number of ether oxygens (including phenoxy) is 1. The second-order valence-electron chi connectivity index (χ2n) is 5.38. The molecular formula is C12H22N4O2. The van der Waals surface area contributed by atoms with Crippen molar-refractivity contribution in [1.82, 2.24) is 20.3 Å². The molecule has 1 saturated heterocycles. The summed E-state index contributed by atoms with van der Waals surface area (Å²) in [7, 11) is 0. The minimum absolute atomic E-state index is 0.0373. The molecule has 0 saturated carbocycles. The number of nitrogens with one attached hydrogen (secondary N) is 1. The van der Waals surface area contributed by atoms with Gasteiger partial charge in [0.25, 0.3) is 0 Å². The molecule has 102 valence electrons. The monoisotopic (exact) mass is 254 g/mol. The smallest absolute Gasteiger partial charge is 0.0964 e. The third-order valence-electron chi connectivity index (χ3n) is 3.18. The van der Waals surface area contributed by atoms with Crippen LogP contribution in [0.5, 0.6) is 0 Å². The average Bonchev–Trinajstić information content (AvgIpc) is 2.74. The van der Waals surface area contributed by atoms with E-state index in [0.29, 0.717) is 19.1 Å². The number of rotatable bonds is 5. The molecule has 2 heterocycles. The second-order valence-corrected chi connectivity index (χ2v) is 5.38. The van der Waals surface area contributed by atoms with Gasteiger partial charge in [-0.15, -0.1) is 5.10 Å². The van der Waals surface area contributed by atoms with Crippen LogP contribution in [-0.4, -0.2) is 45.0 Å². The lowest BCUT2D eigenvalue weighted by Crippen LogP contribution is -2.43. The van der Waals surface area contributed by atoms with Gasteiger partial charge in [-0.1, -0.05) is 5.21 Å². The van der Waals surface area contributed by atoms with Crippen LogP contribution in [0, 0.1) is 0 Å². The fourth-order valence-electron chi connectivity index (χ4n) is 2.29. The van der Waals surface area contributed by atoms with Gasteiger partial charge in [0.2, 0.25) is 0 Å². The fraction of sp³-hybridized carbons (Fsp3) is 0.833. The van der Waals surface area contributed by atoms with Crippen LogP contribution in [0.3, 0.4) is 0 Å². The zero-order valence-corrected chi connectivity index (χ0v) is 11.1. The van der Waals surface area contributed by atoms with Crippen LogP contribution < -0.4 is 5.32 Å². The summed E-state index contributed by atoms with van der Waals surface area (Å²) in [5.41, 5.74) is 0.873. The van der Waals surface area contributed by atoms with Crippen LogP contribution in [0.25, 0.3) is 0 Å². The van der Waals surface area contributed by atoms with Crippen LogP contribution >= 0.6 is 0 Å². The van der Waals surface area contributed by atoms with E-state index in [1.165, 1.54) is 0 Å². The Kier molecular flexibility index (Phi) is 4.31. The van der Waals surface area contributed by atoms with E-state index in [9.17, 15) is 0 Å². The van der Waals surface area contributed by atoms with Crippen molar-refractivity contribution in [1.29, 1.82) is 0 Å². The molecule has 2 rings (SSSR count). The summed E-state index contributed by atoms with van der Waals surface area (Å²) >= 11 is 0. The van der Waals surface area contributed by atoms with E-state index < -0.39 is 0 Å². The van der Waals surface area contributed by atoms with Gasteiger partial charge >= 0.3 is 0 Å². The molecule has 0 radical (unpaired) electrons. The van der Waals surface area contributed by atoms with Crippen molar-refractivity contribution >= 4 is 0 Å². The molecule has 1 aromatic rings. The minimum Gasteiger partial charge on any atom is -0.394 e. The number of hydrogen-bond donors (Lipinski definition) is 2. The van der Waals surface area contributed by atoms with E-state index in [2.05, 4.69) is 29.5 Å². The second kappa shape index (κ2) is 5.77. The molecule has 2 N–H and O–H groups in total. The van der Waals surface area contributed by atoms with E-state index in [4.69, 9.17) is 9.84 Å². The lowest BCUT2D eigenvalue weighted by molar-refractivity contribution is -0.0631. The zero-order chi connectivity index (χ0) is 13.0. The van der Waals surface area contributed by atoms with E-state index in [-0.39, 0.29) is 12.2 Å². The molecule has 1 atom stereocenters. The lowest BCUT2D eigenvalue weighted by atomic mass is 9.94. The van der Waals surface area contributed by atoms with Crippen LogP contribution in [0.2, 0.25) is 0 Å². The Balaban J connectivity index is 1.79. The number of aliphatic hydroxyl groups is 1. The van der Waals surface area contributed by atoms with Gasteiger partial charge in [0.05, 0.1) is 24.4 Å². The van der Waals surface area contributed by atoms with Gasteiger partial charge in [-0.2, -0.15) is 0 Å². The van der Waals surface area contributed by atoms with Gasteiger partial charge in [0.15, 0.2) is 0 Å². The Bertz CT molecular complexity index is 378. The zero-order valence-electron chi connectivity index (χ0n) is 11.1. The predicted molar refractivity (Wildman–Crippen MR) is 67.0 cm³/mol. The van der Waals surface area contributed by atoms with Crippen molar-refractivity contribution in [2.45, 2.75) is 51.4 Å². The van der Waals surface area contributed by atoms with Crippen molar-refractivity contribution in [3.8, 4) is 0 Å². The van der Waals surface area contributed by atoms with E-state index in [1.807, 2.05) is 6.20 Å². The van der Waals surface area contributed by atoms with Crippen molar-refractivity contribution in [2.75, 3.05) is 13.2 Å². The molecular weight excluding hydrogens is 232 g/mol. The van der Waals surface area contributed by atoms with Gasteiger partial charge in [-0.25, -0.2) is 4.68 Å². The standard InChI is InChI=1S/C12H22N4O2/c1-12(2)7-10(3-6-18-12)13-8-11-9-16(4-5-17)15-14-11/h9-10,13,17H,3-8H2,1-2H3. The van der Waals surface area contributed by atoms with Gasteiger partial charge in [0.1, 0.15) is 0 Å². The summed E-state index contributed by atoms with van der Waals surface area (Å²) in [5, 5.41) is 20.3. The summed E-state index contributed by atoms with van der Waals surface area (Å²) in [6.45, 7) is 6.35.